The van der Waals surface area contributed by atoms with E-state index in [0.717, 1.165) is 17.1 Å². The highest BCUT2D eigenvalue weighted by Gasteiger charge is 2.08. The highest BCUT2D eigenvalue weighted by atomic mass is 15.2. The number of anilines is 1. The molecule has 0 radical (unpaired) electrons. The quantitative estimate of drug-likeness (QED) is 0.712. The molecule has 5 nitrogen and oxygen atoms in total. The summed E-state index contributed by atoms with van der Waals surface area (Å²) in [5, 5.41) is 17.2. The Morgan fingerprint density at radius 3 is 2.50 bits per heavy atom. The number of benzene rings is 1. The number of rotatable bonds is 2. The molecule has 0 bridgehead atoms. The molecule has 0 spiro atoms. The molecule has 3 aromatic rings. The van der Waals surface area contributed by atoms with E-state index in [0.29, 0.717) is 11.2 Å². The van der Waals surface area contributed by atoms with Crippen molar-refractivity contribution >= 4 is 11.3 Å². The molecule has 2 aromatic heterocycles. The first-order valence-corrected chi connectivity index (χ1v) is 6.21. The van der Waals surface area contributed by atoms with Crippen LogP contribution in [0.4, 0.5) is 5.69 Å². The van der Waals surface area contributed by atoms with E-state index in [4.69, 9.17) is 5.26 Å². The minimum Gasteiger partial charge on any atom is -0.378 e. The molecule has 1 aromatic carbocycles. The largest absolute Gasteiger partial charge is 0.378 e. The average molecular weight is 263 g/mol. The lowest BCUT2D eigenvalue weighted by atomic mass is 10.2. The minimum absolute atomic E-state index is 0.583. The summed E-state index contributed by atoms with van der Waals surface area (Å²) in [6.45, 7) is 0. The molecule has 98 valence electrons. The molecule has 0 atom stereocenters. The van der Waals surface area contributed by atoms with Gasteiger partial charge < -0.3 is 4.90 Å². The fraction of sp³-hybridized carbons (Fsp3) is 0.133. The summed E-state index contributed by atoms with van der Waals surface area (Å²) >= 11 is 0. The van der Waals surface area contributed by atoms with Gasteiger partial charge in [-0.25, -0.2) is 0 Å². The van der Waals surface area contributed by atoms with Crippen LogP contribution in [0.1, 0.15) is 5.56 Å². The maximum Gasteiger partial charge on any atom is 0.168 e. The molecule has 0 unspecified atom stereocenters. The van der Waals surface area contributed by atoms with Gasteiger partial charge in [-0.15, -0.1) is 10.2 Å². The van der Waals surface area contributed by atoms with Crippen molar-refractivity contribution in [3.63, 3.8) is 0 Å². The zero-order chi connectivity index (χ0) is 14.1. The first kappa shape index (κ1) is 12.2. The van der Waals surface area contributed by atoms with Crippen LogP contribution in [-0.4, -0.2) is 28.7 Å². The maximum atomic E-state index is 8.89. The van der Waals surface area contributed by atoms with E-state index in [1.807, 2.05) is 53.9 Å². The molecule has 0 N–H and O–H groups in total. The van der Waals surface area contributed by atoms with Gasteiger partial charge in [0, 0.05) is 37.6 Å². The Labute approximate surface area is 116 Å². The van der Waals surface area contributed by atoms with Crippen molar-refractivity contribution in [3.8, 4) is 17.5 Å². The fourth-order valence-corrected chi connectivity index (χ4v) is 2.07. The van der Waals surface area contributed by atoms with Crippen LogP contribution in [0.15, 0.2) is 42.6 Å². The number of aromatic nitrogens is 3. The number of nitriles is 1. The molecular formula is C15H13N5. The SMILES string of the molecule is CN(C)c1ccc(-c2nnc3cc(C#N)ccn23)cc1. The second kappa shape index (κ2) is 4.67. The van der Waals surface area contributed by atoms with E-state index in [9.17, 15) is 0 Å². The average Bonchev–Trinajstić information content (AvgIpc) is 2.90. The topological polar surface area (TPSA) is 57.2 Å². The van der Waals surface area contributed by atoms with Crippen molar-refractivity contribution in [3.05, 3.63) is 48.2 Å². The molecule has 0 saturated heterocycles. The van der Waals surface area contributed by atoms with Gasteiger partial charge in [0.05, 0.1) is 11.6 Å². The van der Waals surface area contributed by atoms with Crippen molar-refractivity contribution in [2.75, 3.05) is 19.0 Å². The summed E-state index contributed by atoms with van der Waals surface area (Å²) < 4.78 is 1.88. The molecule has 0 fully saturated rings. The summed E-state index contributed by atoms with van der Waals surface area (Å²) in [6, 6.07) is 13.7. The Morgan fingerprint density at radius 2 is 1.85 bits per heavy atom. The van der Waals surface area contributed by atoms with Crippen molar-refractivity contribution in [2.45, 2.75) is 0 Å². The third-order valence-electron chi connectivity index (χ3n) is 3.18. The van der Waals surface area contributed by atoms with Gasteiger partial charge in [0.15, 0.2) is 11.5 Å². The van der Waals surface area contributed by atoms with E-state index < -0.39 is 0 Å². The second-order valence-electron chi connectivity index (χ2n) is 4.72. The molecule has 5 heteroatoms. The van der Waals surface area contributed by atoms with Gasteiger partial charge in [0.2, 0.25) is 0 Å². The van der Waals surface area contributed by atoms with Gasteiger partial charge >= 0.3 is 0 Å². The number of pyridine rings is 1. The Bertz CT molecular complexity index is 793. The number of nitrogens with zero attached hydrogens (tertiary/aromatic N) is 5. The van der Waals surface area contributed by atoms with Gasteiger partial charge in [-0.3, -0.25) is 4.40 Å². The Morgan fingerprint density at radius 1 is 1.10 bits per heavy atom. The van der Waals surface area contributed by atoms with Crippen molar-refractivity contribution in [2.24, 2.45) is 0 Å². The Kier molecular flexibility index (Phi) is 2.84. The molecule has 0 aliphatic heterocycles. The highest BCUT2D eigenvalue weighted by Crippen LogP contribution is 2.21. The van der Waals surface area contributed by atoms with E-state index in [2.05, 4.69) is 16.3 Å². The lowest BCUT2D eigenvalue weighted by Gasteiger charge is -2.12. The summed E-state index contributed by atoms with van der Waals surface area (Å²) in [6.07, 6.45) is 1.82. The van der Waals surface area contributed by atoms with E-state index >= 15 is 0 Å². The summed E-state index contributed by atoms with van der Waals surface area (Å²) in [5.41, 5.74) is 3.39. The first-order valence-electron chi connectivity index (χ1n) is 6.21. The molecule has 2 heterocycles. The van der Waals surface area contributed by atoms with Crippen LogP contribution >= 0.6 is 0 Å². The summed E-state index contributed by atoms with van der Waals surface area (Å²) in [7, 11) is 4.01. The first-order chi connectivity index (χ1) is 9.69. The summed E-state index contributed by atoms with van der Waals surface area (Å²) in [5.74, 6) is 0.773. The Hall–Kier alpha value is -2.87. The predicted octanol–water partition coefficient (Wildman–Crippen LogP) is 2.33. The van der Waals surface area contributed by atoms with Crippen LogP contribution in [0.25, 0.3) is 17.0 Å². The normalized spacial score (nSPS) is 10.4. The molecule has 0 saturated carbocycles. The number of hydrogen-bond acceptors (Lipinski definition) is 4. The van der Waals surface area contributed by atoms with Crippen LogP contribution in [0.2, 0.25) is 0 Å². The van der Waals surface area contributed by atoms with Crippen molar-refractivity contribution in [1.82, 2.24) is 14.6 Å². The molecule has 0 amide bonds. The molecule has 3 rings (SSSR count). The highest BCUT2D eigenvalue weighted by molar-refractivity contribution is 5.63. The standard InChI is InChI=1S/C15H13N5/c1-19(2)13-5-3-12(4-6-13)15-18-17-14-9-11(10-16)7-8-20(14)15/h3-9H,1-2H3. The fourth-order valence-electron chi connectivity index (χ4n) is 2.07. The van der Waals surface area contributed by atoms with Crippen LogP contribution in [-0.2, 0) is 0 Å². The van der Waals surface area contributed by atoms with Gasteiger partial charge in [-0.1, -0.05) is 0 Å². The minimum atomic E-state index is 0.583. The Balaban J connectivity index is 2.08. The third-order valence-corrected chi connectivity index (χ3v) is 3.18. The van der Waals surface area contributed by atoms with Crippen molar-refractivity contribution < 1.29 is 0 Å². The van der Waals surface area contributed by atoms with Gasteiger partial charge in [0.25, 0.3) is 0 Å². The maximum absolute atomic E-state index is 8.89. The number of hydrogen-bond donors (Lipinski definition) is 0. The van der Waals surface area contributed by atoms with Gasteiger partial charge in [-0.05, 0) is 30.3 Å². The van der Waals surface area contributed by atoms with Gasteiger partial charge in [-0.2, -0.15) is 5.26 Å². The molecular weight excluding hydrogens is 250 g/mol. The van der Waals surface area contributed by atoms with Crippen molar-refractivity contribution in [1.29, 1.82) is 5.26 Å². The monoisotopic (exact) mass is 263 g/mol. The zero-order valence-corrected chi connectivity index (χ0v) is 11.3. The number of fused-ring (bicyclic) bond motifs is 1. The van der Waals surface area contributed by atoms with Crippen LogP contribution in [0.3, 0.4) is 0 Å². The smallest absolute Gasteiger partial charge is 0.168 e. The lowest BCUT2D eigenvalue weighted by molar-refractivity contribution is 1.11. The predicted molar refractivity (Wildman–Crippen MR) is 77.5 cm³/mol. The summed E-state index contributed by atoms with van der Waals surface area (Å²) in [4.78, 5) is 2.05. The van der Waals surface area contributed by atoms with Gasteiger partial charge in [0.1, 0.15) is 0 Å². The molecule has 20 heavy (non-hydrogen) atoms. The van der Waals surface area contributed by atoms with E-state index in [-0.39, 0.29) is 0 Å². The zero-order valence-electron chi connectivity index (χ0n) is 11.3. The molecule has 0 aliphatic carbocycles. The van der Waals surface area contributed by atoms with Crippen LogP contribution in [0, 0.1) is 11.3 Å². The third kappa shape index (κ3) is 1.97. The van der Waals surface area contributed by atoms with E-state index in [1.165, 1.54) is 0 Å². The molecule has 0 aliphatic rings. The second-order valence-corrected chi connectivity index (χ2v) is 4.72. The van der Waals surface area contributed by atoms with E-state index in [1.54, 1.807) is 12.1 Å². The van der Waals surface area contributed by atoms with Crippen LogP contribution in [0.5, 0.6) is 0 Å². The van der Waals surface area contributed by atoms with Crippen LogP contribution < -0.4 is 4.90 Å². The lowest BCUT2D eigenvalue weighted by Crippen LogP contribution is -2.08.